The van der Waals surface area contributed by atoms with Crippen molar-refractivity contribution in [3.63, 3.8) is 0 Å². The molecule has 0 spiro atoms. The monoisotopic (exact) mass is 398 g/mol. The van der Waals surface area contributed by atoms with Crippen LogP contribution in [0.2, 0.25) is 0 Å². The molecule has 7 heteroatoms. The number of amides is 2. The predicted molar refractivity (Wildman–Crippen MR) is 108 cm³/mol. The summed E-state index contributed by atoms with van der Waals surface area (Å²) in [5, 5.41) is 5.36. The van der Waals surface area contributed by atoms with Gasteiger partial charge in [0.1, 0.15) is 17.8 Å². The highest BCUT2D eigenvalue weighted by atomic mass is 16.5. The summed E-state index contributed by atoms with van der Waals surface area (Å²) in [4.78, 5) is 36.7. The lowest BCUT2D eigenvalue weighted by Crippen LogP contribution is -2.53. The average Bonchev–Trinajstić information content (AvgIpc) is 2.73. The summed E-state index contributed by atoms with van der Waals surface area (Å²) in [7, 11) is 2.84. The minimum absolute atomic E-state index is 0.251. The first-order chi connectivity index (χ1) is 13.9. The van der Waals surface area contributed by atoms with E-state index >= 15 is 0 Å². The molecule has 0 aromatic heterocycles. The molecule has 0 unspecified atom stereocenters. The van der Waals surface area contributed by atoms with Gasteiger partial charge in [0.05, 0.1) is 14.2 Å². The molecule has 0 aliphatic heterocycles. The second kappa shape index (κ2) is 10.8. The van der Waals surface area contributed by atoms with E-state index in [1.165, 1.54) is 14.0 Å². The van der Waals surface area contributed by atoms with Crippen molar-refractivity contribution in [2.45, 2.75) is 31.8 Å². The van der Waals surface area contributed by atoms with E-state index in [0.717, 1.165) is 11.1 Å². The van der Waals surface area contributed by atoms with Gasteiger partial charge in [0.2, 0.25) is 11.8 Å². The fraction of sp³-hybridized carbons (Fsp3) is 0.318. The molecule has 2 rings (SSSR count). The van der Waals surface area contributed by atoms with Crippen LogP contribution in [-0.2, 0) is 32.0 Å². The Balaban J connectivity index is 2.13. The number of rotatable bonds is 9. The highest BCUT2D eigenvalue weighted by Gasteiger charge is 2.27. The molecule has 2 N–H and O–H groups in total. The molecule has 2 aromatic rings. The maximum atomic E-state index is 12.9. The maximum absolute atomic E-state index is 12.9. The van der Waals surface area contributed by atoms with Crippen LogP contribution >= 0.6 is 0 Å². The number of esters is 1. The Morgan fingerprint density at radius 1 is 0.828 bits per heavy atom. The first-order valence-corrected chi connectivity index (χ1v) is 9.25. The zero-order valence-corrected chi connectivity index (χ0v) is 16.8. The molecule has 0 bridgehead atoms. The Morgan fingerprint density at radius 3 is 1.97 bits per heavy atom. The van der Waals surface area contributed by atoms with Crippen LogP contribution in [0.3, 0.4) is 0 Å². The fourth-order valence-corrected chi connectivity index (χ4v) is 2.91. The van der Waals surface area contributed by atoms with E-state index in [-0.39, 0.29) is 12.3 Å². The maximum Gasteiger partial charge on any atom is 0.328 e. The number of hydrogen-bond donors (Lipinski definition) is 2. The third-order valence-electron chi connectivity index (χ3n) is 4.38. The number of hydrogen-bond acceptors (Lipinski definition) is 5. The first-order valence-electron chi connectivity index (χ1n) is 9.25. The van der Waals surface area contributed by atoms with Crippen LogP contribution in [0.25, 0.3) is 0 Å². The number of carbonyl (C=O) groups is 3. The number of nitrogens with one attached hydrogen (secondary N) is 2. The smallest absolute Gasteiger partial charge is 0.328 e. The molecule has 2 aromatic carbocycles. The topological polar surface area (TPSA) is 93.7 Å². The number of carbonyl (C=O) groups excluding carboxylic acids is 3. The van der Waals surface area contributed by atoms with Crippen LogP contribution in [0, 0.1) is 0 Å². The minimum Gasteiger partial charge on any atom is -0.497 e. The van der Waals surface area contributed by atoms with Crippen molar-refractivity contribution < 1.29 is 23.9 Å². The second-order valence-corrected chi connectivity index (χ2v) is 6.58. The van der Waals surface area contributed by atoms with E-state index in [2.05, 4.69) is 10.6 Å². The van der Waals surface area contributed by atoms with Crippen molar-refractivity contribution in [3.8, 4) is 5.75 Å². The molecule has 7 nitrogen and oxygen atoms in total. The summed E-state index contributed by atoms with van der Waals surface area (Å²) in [5.41, 5.74) is 1.73. The molecule has 0 fully saturated rings. The zero-order chi connectivity index (χ0) is 21.2. The molecule has 29 heavy (non-hydrogen) atoms. The summed E-state index contributed by atoms with van der Waals surface area (Å²) >= 11 is 0. The Morgan fingerprint density at radius 2 is 1.41 bits per heavy atom. The molecule has 0 radical (unpaired) electrons. The molecule has 0 aliphatic rings. The third kappa shape index (κ3) is 6.95. The quantitative estimate of drug-likeness (QED) is 0.627. The first kappa shape index (κ1) is 21.9. The fourth-order valence-electron chi connectivity index (χ4n) is 2.91. The van der Waals surface area contributed by atoms with Crippen molar-refractivity contribution >= 4 is 17.8 Å². The van der Waals surface area contributed by atoms with E-state index in [4.69, 9.17) is 9.47 Å². The Kier molecular flexibility index (Phi) is 8.21. The molecule has 0 saturated carbocycles. The highest BCUT2D eigenvalue weighted by molar-refractivity contribution is 5.90. The molecular weight excluding hydrogens is 372 g/mol. The van der Waals surface area contributed by atoms with Crippen LogP contribution < -0.4 is 15.4 Å². The summed E-state index contributed by atoms with van der Waals surface area (Å²) in [6.45, 7) is 1.35. The molecule has 154 valence electrons. The highest BCUT2D eigenvalue weighted by Crippen LogP contribution is 2.13. The number of methoxy groups -OCH3 is 2. The van der Waals surface area contributed by atoms with Crippen LogP contribution in [0.4, 0.5) is 0 Å². The van der Waals surface area contributed by atoms with Gasteiger partial charge < -0.3 is 20.1 Å². The summed E-state index contributed by atoms with van der Waals surface area (Å²) in [6.07, 6.45) is 0.559. The van der Waals surface area contributed by atoms with Gasteiger partial charge in [0.15, 0.2) is 0 Å². The number of benzene rings is 2. The van der Waals surface area contributed by atoms with E-state index in [0.29, 0.717) is 12.2 Å². The zero-order valence-electron chi connectivity index (χ0n) is 16.8. The lowest BCUT2D eigenvalue weighted by Gasteiger charge is -2.22. The van der Waals surface area contributed by atoms with Gasteiger partial charge in [-0.15, -0.1) is 0 Å². The predicted octanol–water partition coefficient (Wildman–Crippen LogP) is 1.64. The molecular formula is C22H26N2O5. The number of ether oxygens (including phenoxy) is 2. The lowest BCUT2D eigenvalue weighted by atomic mass is 10.0. The normalized spacial score (nSPS) is 12.4. The standard InChI is InChI=1S/C22H26N2O5/c1-15(25)23-19(13-16-7-5-4-6-8-16)21(26)24-20(22(27)29-3)14-17-9-11-18(28-2)12-10-17/h4-12,19-20H,13-14H2,1-3H3,(H,23,25)(H,24,26)/t19-,20-/m1/s1. The van der Waals surface area contributed by atoms with Crippen LogP contribution in [-0.4, -0.2) is 44.1 Å². The third-order valence-corrected chi connectivity index (χ3v) is 4.38. The van der Waals surface area contributed by atoms with E-state index in [1.54, 1.807) is 19.2 Å². The van der Waals surface area contributed by atoms with Crippen molar-refractivity contribution in [3.05, 3.63) is 65.7 Å². The van der Waals surface area contributed by atoms with Crippen LogP contribution in [0.1, 0.15) is 18.1 Å². The molecule has 2 amide bonds. The summed E-state index contributed by atoms with van der Waals surface area (Å²) < 4.78 is 9.97. The Bertz CT molecular complexity index is 821. The molecule has 0 aliphatic carbocycles. The summed E-state index contributed by atoms with van der Waals surface area (Å²) in [5.74, 6) is -0.643. The van der Waals surface area contributed by atoms with Gasteiger partial charge in [0, 0.05) is 19.8 Å². The molecule has 0 saturated heterocycles. The lowest BCUT2D eigenvalue weighted by molar-refractivity contribution is -0.145. The van der Waals surface area contributed by atoms with Gasteiger partial charge in [-0.3, -0.25) is 9.59 Å². The van der Waals surface area contributed by atoms with Gasteiger partial charge in [-0.2, -0.15) is 0 Å². The van der Waals surface area contributed by atoms with Gasteiger partial charge in [-0.05, 0) is 23.3 Å². The van der Waals surface area contributed by atoms with Gasteiger partial charge in [-0.25, -0.2) is 4.79 Å². The molecule has 0 heterocycles. The van der Waals surface area contributed by atoms with Crippen molar-refractivity contribution in [2.75, 3.05) is 14.2 Å². The van der Waals surface area contributed by atoms with Gasteiger partial charge in [0.25, 0.3) is 0 Å². The van der Waals surface area contributed by atoms with Gasteiger partial charge >= 0.3 is 5.97 Å². The van der Waals surface area contributed by atoms with Crippen molar-refractivity contribution in [1.29, 1.82) is 0 Å². The van der Waals surface area contributed by atoms with E-state index in [9.17, 15) is 14.4 Å². The minimum atomic E-state index is -0.882. The van der Waals surface area contributed by atoms with Crippen molar-refractivity contribution in [1.82, 2.24) is 10.6 Å². The van der Waals surface area contributed by atoms with Gasteiger partial charge in [-0.1, -0.05) is 42.5 Å². The SMILES string of the molecule is COC(=O)[C@@H](Cc1ccc(OC)cc1)NC(=O)[C@@H](Cc1ccccc1)NC(C)=O. The molecule has 2 atom stereocenters. The largest absolute Gasteiger partial charge is 0.497 e. The van der Waals surface area contributed by atoms with Crippen LogP contribution in [0.15, 0.2) is 54.6 Å². The second-order valence-electron chi connectivity index (χ2n) is 6.58. The van der Waals surface area contributed by atoms with E-state index in [1.807, 2.05) is 42.5 Å². The van der Waals surface area contributed by atoms with E-state index < -0.39 is 24.0 Å². The van der Waals surface area contributed by atoms with Crippen LogP contribution in [0.5, 0.6) is 5.75 Å². The van der Waals surface area contributed by atoms with Crippen molar-refractivity contribution in [2.24, 2.45) is 0 Å². The Hall–Kier alpha value is -3.35. The summed E-state index contributed by atoms with van der Waals surface area (Å²) in [6, 6.07) is 14.8. The Labute approximate surface area is 170 Å². The average molecular weight is 398 g/mol.